The first-order valence-corrected chi connectivity index (χ1v) is 3.09. The van der Waals surface area contributed by atoms with Gasteiger partial charge in [0.2, 0.25) is 6.41 Å². The molecule has 0 fully saturated rings. The summed E-state index contributed by atoms with van der Waals surface area (Å²) in [5.74, 6) is -1.27. The second kappa shape index (κ2) is 4.32. The van der Waals surface area contributed by atoms with Crippen molar-refractivity contribution in [1.82, 2.24) is 4.90 Å². The Morgan fingerprint density at radius 3 is 2.33 bits per heavy atom. The van der Waals surface area contributed by atoms with Crippen LogP contribution in [0.1, 0.15) is 6.92 Å². The average Bonchev–Trinajstić information content (AvgIpc) is 2.05. The fourth-order valence-electron chi connectivity index (χ4n) is 0.517. The van der Waals surface area contributed by atoms with Crippen LogP contribution in [0.25, 0.3) is 0 Å². The van der Waals surface area contributed by atoms with Gasteiger partial charge in [0.1, 0.15) is 6.04 Å². The molecule has 1 atom stereocenters. The predicted octanol–water partition coefficient (Wildman–Crippen LogP) is -0.316. The lowest BCUT2D eigenvalue weighted by Crippen LogP contribution is -2.42. The third-order valence-electron chi connectivity index (χ3n) is 1.27. The highest BCUT2D eigenvalue weighted by Crippen LogP contribution is 1.98. The van der Waals surface area contributed by atoms with Crippen molar-refractivity contribution in [3.8, 4) is 0 Å². The lowest BCUT2D eigenvalue weighted by atomic mass is 10.3. The zero-order chi connectivity index (χ0) is 9.72. The zero-order valence-electron chi connectivity index (χ0n) is 6.68. The summed E-state index contributed by atoms with van der Waals surface area (Å²) in [5.41, 5.74) is 0. The van der Waals surface area contributed by atoms with E-state index < -0.39 is 18.1 Å². The smallest absolute Gasteiger partial charge is 0.416 e. The lowest BCUT2D eigenvalue weighted by Gasteiger charge is -2.17. The maximum absolute atomic E-state index is 10.7. The van der Waals surface area contributed by atoms with Crippen molar-refractivity contribution in [1.29, 1.82) is 0 Å². The van der Waals surface area contributed by atoms with E-state index in [1.54, 1.807) is 0 Å². The summed E-state index contributed by atoms with van der Waals surface area (Å²) in [6.45, 7) is 1.20. The third-order valence-corrected chi connectivity index (χ3v) is 1.27. The van der Waals surface area contributed by atoms with Crippen molar-refractivity contribution in [2.24, 2.45) is 0 Å². The standard InChI is InChI=1S/C6H9NO5/c1-4(5(9)10)7(3-8)6(11)12-2/h3-4H,1-2H3,(H,9,10). The molecule has 6 heteroatoms. The van der Waals surface area contributed by atoms with E-state index in [0.717, 1.165) is 7.11 Å². The molecule has 0 aromatic carbocycles. The molecular weight excluding hydrogens is 166 g/mol. The molecule has 6 nitrogen and oxygen atoms in total. The lowest BCUT2D eigenvalue weighted by molar-refractivity contribution is -0.144. The number of methoxy groups -OCH3 is 1. The molecule has 0 radical (unpaired) electrons. The molecule has 0 saturated heterocycles. The van der Waals surface area contributed by atoms with Crippen molar-refractivity contribution >= 4 is 18.5 Å². The molecule has 0 rings (SSSR count). The average molecular weight is 175 g/mol. The van der Waals surface area contributed by atoms with Gasteiger partial charge in [0, 0.05) is 0 Å². The molecular formula is C6H9NO5. The summed E-state index contributed by atoms with van der Waals surface area (Å²) in [5, 5.41) is 8.42. The molecule has 0 aliphatic carbocycles. The van der Waals surface area contributed by atoms with E-state index in [1.807, 2.05) is 0 Å². The number of amides is 2. The molecule has 2 amide bonds. The first-order chi connectivity index (χ1) is 5.54. The Morgan fingerprint density at radius 2 is 2.08 bits per heavy atom. The Hall–Kier alpha value is -1.59. The number of ether oxygens (including phenoxy) is 1. The highest BCUT2D eigenvalue weighted by Gasteiger charge is 2.25. The van der Waals surface area contributed by atoms with E-state index in [0.29, 0.717) is 4.90 Å². The Kier molecular flexibility index (Phi) is 3.75. The summed E-state index contributed by atoms with van der Waals surface area (Å²) >= 11 is 0. The normalized spacial score (nSPS) is 11.5. The Balaban J connectivity index is 4.44. The molecule has 0 aromatic heterocycles. The van der Waals surface area contributed by atoms with Gasteiger partial charge < -0.3 is 9.84 Å². The molecule has 68 valence electrons. The van der Waals surface area contributed by atoms with E-state index in [4.69, 9.17) is 5.11 Å². The van der Waals surface area contributed by atoms with Crippen molar-refractivity contribution in [2.45, 2.75) is 13.0 Å². The SMILES string of the molecule is COC(=O)N(C=O)C(C)C(=O)O. The van der Waals surface area contributed by atoms with E-state index in [1.165, 1.54) is 6.92 Å². The minimum Gasteiger partial charge on any atom is -0.480 e. The molecule has 0 spiro atoms. The van der Waals surface area contributed by atoms with Crippen LogP contribution < -0.4 is 0 Å². The number of imide groups is 1. The Morgan fingerprint density at radius 1 is 1.58 bits per heavy atom. The number of hydrogen-bond donors (Lipinski definition) is 1. The number of hydrogen-bond acceptors (Lipinski definition) is 4. The van der Waals surface area contributed by atoms with Crippen LogP contribution in [0, 0.1) is 0 Å². The zero-order valence-corrected chi connectivity index (χ0v) is 6.68. The highest BCUT2D eigenvalue weighted by molar-refractivity contribution is 5.87. The monoisotopic (exact) mass is 175 g/mol. The summed E-state index contributed by atoms with van der Waals surface area (Å²) in [4.78, 5) is 31.7. The number of carboxylic acids is 1. The number of carbonyl (C=O) groups excluding carboxylic acids is 2. The van der Waals surface area contributed by atoms with Gasteiger partial charge in [-0.1, -0.05) is 0 Å². The van der Waals surface area contributed by atoms with Crippen molar-refractivity contribution in [2.75, 3.05) is 7.11 Å². The second-order valence-corrected chi connectivity index (χ2v) is 2.00. The Labute approximate surface area is 68.7 Å². The van der Waals surface area contributed by atoms with Gasteiger partial charge in [-0.2, -0.15) is 0 Å². The van der Waals surface area contributed by atoms with Gasteiger partial charge in [-0.25, -0.2) is 14.5 Å². The number of aliphatic carboxylic acids is 1. The largest absolute Gasteiger partial charge is 0.480 e. The second-order valence-electron chi connectivity index (χ2n) is 2.00. The summed E-state index contributed by atoms with van der Waals surface area (Å²) in [7, 11) is 1.06. The van der Waals surface area contributed by atoms with Gasteiger partial charge in [-0.3, -0.25) is 4.79 Å². The first kappa shape index (κ1) is 10.4. The Bertz CT molecular complexity index is 202. The molecule has 1 N–H and O–H groups in total. The quantitative estimate of drug-likeness (QED) is 0.594. The fraction of sp³-hybridized carbons (Fsp3) is 0.500. The maximum atomic E-state index is 10.7. The molecule has 0 heterocycles. The van der Waals surface area contributed by atoms with E-state index in [9.17, 15) is 14.4 Å². The molecule has 0 aromatic rings. The summed E-state index contributed by atoms with van der Waals surface area (Å²) < 4.78 is 4.17. The number of carboxylic acid groups (broad SMARTS) is 1. The maximum Gasteiger partial charge on any atom is 0.416 e. The van der Waals surface area contributed by atoms with Crippen LogP contribution >= 0.6 is 0 Å². The molecule has 0 aliphatic rings. The third kappa shape index (κ3) is 2.22. The number of nitrogens with zero attached hydrogens (tertiary/aromatic N) is 1. The topological polar surface area (TPSA) is 83.9 Å². The fourth-order valence-corrected chi connectivity index (χ4v) is 0.517. The van der Waals surface area contributed by atoms with Gasteiger partial charge in [0.05, 0.1) is 7.11 Å². The molecule has 1 unspecified atom stereocenters. The number of carbonyl (C=O) groups is 3. The minimum atomic E-state index is -1.27. The van der Waals surface area contributed by atoms with E-state index >= 15 is 0 Å². The predicted molar refractivity (Wildman–Crippen MR) is 37.4 cm³/mol. The first-order valence-electron chi connectivity index (χ1n) is 3.09. The van der Waals surface area contributed by atoms with Crippen LogP contribution in [0.15, 0.2) is 0 Å². The van der Waals surface area contributed by atoms with Crippen molar-refractivity contribution in [3.05, 3.63) is 0 Å². The molecule has 0 aliphatic heterocycles. The van der Waals surface area contributed by atoms with Crippen molar-refractivity contribution in [3.63, 3.8) is 0 Å². The van der Waals surface area contributed by atoms with Crippen molar-refractivity contribution < 1.29 is 24.2 Å². The highest BCUT2D eigenvalue weighted by atomic mass is 16.5. The minimum absolute atomic E-state index is 0.116. The summed E-state index contributed by atoms with van der Waals surface area (Å²) in [6.07, 6.45) is -0.871. The van der Waals surface area contributed by atoms with E-state index in [2.05, 4.69) is 4.74 Å². The van der Waals surface area contributed by atoms with Crippen LogP contribution in [0.2, 0.25) is 0 Å². The van der Waals surface area contributed by atoms with Gasteiger partial charge in [0.15, 0.2) is 0 Å². The van der Waals surface area contributed by atoms with Gasteiger partial charge in [-0.15, -0.1) is 0 Å². The van der Waals surface area contributed by atoms with Crippen LogP contribution in [0.4, 0.5) is 4.79 Å². The van der Waals surface area contributed by atoms with E-state index in [-0.39, 0.29) is 6.41 Å². The number of rotatable bonds is 3. The van der Waals surface area contributed by atoms with Gasteiger partial charge in [-0.05, 0) is 6.92 Å². The van der Waals surface area contributed by atoms with Crippen LogP contribution in [0.5, 0.6) is 0 Å². The molecule has 0 bridgehead atoms. The summed E-state index contributed by atoms with van der Waals surface area (Å²) in [6, 6.07) is -1.21. The van der Waals surface area contributed by atoms with Crippen LogP contribution in [-0.2, 0) is 14.3 Å². The van der Waals surface area contributed by atoms with Crippen LogP contribution in [0.3, 0.4) is 0 Å². The molecule has 0 saturated carbocycles. The van der Waals surface area contributed by atoms with Crippen LogP contribution in [-0.4, -0.2) is 41.6 Å². The molecule has 12 heavy (non-hydrogen) atoms. The van der Waals surface area contributed by atoms with Gasteiger partial charge in [0.25, 0.3) is 0 Å². The van der Waals surface area contributed by atoms with Gasteiger partial charge >= 0.3 is 12.1 Å².